The molecule has 2 heterocycles. The van der Waals surface area contributed by atoms with Crippen molar-refractivity contribution in [2.75, 3.05) is 13.1 Å². The van der Waals surface area contributed by atoms with Gasteiger partial charge in [-0.1, -0.05) is 6.07 Å². The van der Waals surface area contributed by atoms with Crippen LogP contribution in [0.5, 0.6) is 0 Å². The van der Waals surface area contributed by atoms with Gasteiger partial charge in [-0.25, -0.2) is 14.5 Å². The number of carbonyl (C=O) groups is 1. The highest BCUT2D eigenvalue weighted by atomic mass is 19.4. The Kier molecular flexibility index (Phi) is 5.78. The Labute approximate surface area is 137 Å². The third-order valence-electron chi connectivity index (χ3n) is 3.33. The predicted molar refractivity (Wildman–Crippen MR) is 81.5 cm³/mol. The van der Waals surface area contributed by atoms with Crippen LogP contribution in [-0.2, 0) is 6.54 Å². The average Bonchev–Trinajstić information content (AvgIpc) is 3.07. The highest BCUT2D eigenvalue weighted by Gasteiger charge is 2.28. The molecule has 1 N–H and O–H groups in total. The van der Waals surface area contributed by atoms with Crippen LogP contribution in [-0.4, -0.2) is 45.0 Å². The Balaban J connectivity index is 1.86. The summed E-state index contributed by atoms with van der Waals surface area (Å²) < 4.78 is 38.3. The summed E-state index contributed by atoms with van der Waals surface area (Å²) in [7, 11) is 0. The maximum absolute atomic E-state index is 12.2. The minimum Gasteiger partial charge on any atom is -0.334 e. The number of hydrogen-bond acceptors (Lipinski definition) is 3. The molecule has 0 spiro atoms. The van der Waals surface area contributed by atoms with Crippen LogP contribution in [0.1, 0.15) is 18.9 Å². The van der Waals surface area contributed by atoms with Crippen LogP contribution in [0.4, 0.5) is 18.0 Å². The number of urea groups is 1. The number of nitrogens with one attached hydrogen (secondary N) is 1. The van der Waals surface area contributed by atoms with Crippen molar-refractivity contribution in [2.45, 2.75) is 26.1 Å². The summed E-state index contributed by atoms with van der Waals surface area (Å²) in [5.74, 6) is 0.635. The van der Waals surface area contributed by atoms with E-state index in [4.69, 9.17) is 0 Å². The third kappa shape index (κ3) is 5.25. The van der Waals surface area contributed by atoms with Gasteiger partial charge in [-0.05, 0) is 24.6 Å². The number of hydrogen-bond donors (Lipinski definition) is 1. The van der Waals surface area contributed by atoms with Gasteiger partial charge in [0.1, 0.15) is 0 Å². The number of amides is 2. The van der Waals surface area contributed by atoms with Crippen LogP contribution >= 0.6 is 0 Å². The van der Waals surface area contributed by atoms with Crippen molar-refractivity contribution in [3.05, 3.63) is 42.4 Å². The molecule has 9 heteroatoms. The first-order valence-corrected chi connectivity index (χ1v) is 7.43. The van der Waals surface area contributed by atoms with Crippen LogP contribution in [0.25, 0.3) is 5.82 Å². The van der Waals surface area contributed by atoms with Crippen LogP contribution in [0.3, 0.4) is 0 Å². The maximum Gasteiger partial charge on any atom is 0.390 e. The summed E-state index contributed by atoms with van der Waals surface area (Å²) in [6, 6.07) is 4.76. The molecular weight excluding hydrogens is 323 g/mol. The van der Waals surface area contributed by atoms with E-state index in [1.54, 1.807) is 48.4 Å². The number of nitrogens with zero attached hydrogens (tertiary/aromatic N) is 4. The second-order valence-corrected chi connectivity index (χ2v) is 5.08. The van der Waals surface area contributed by atoms with E-state index in [2.05, 4.69) is 15.4 Å². The van der Waals surface area contributed by atoms with Crippen molar-refractivity contribution in [3.8, 4) is 5.82 Å². The van der Waals surface area contributed by atoms with Gasteiger partial charge in [0.2, 0.25) is 0 Å². The van der Waals surface area contributed by atoms with Gasteiger partial charge in [0.05, 0.1) is 6.42 Å². The minimum absolute atomic E-state index is 0.188. The minimum atomic E-state index is -4.28. The molecule has 130 valence electrons. The molecule has 0 radical (unpaired) electrons. The summed E-state index contributed by atoms with van der Waals surface area (Å²) in [5, 5.41) is 6.65. The highest BCUT2D eigenvalue weighted by molar-refractivity contribution is 5.74. The van der Waals surface area contributed by atoms with E-state index in [9.17, 15) is 18.0 Å². The first kappa shape index (κ1) is 17.8. The lowest BCUT2D eigenvalue weighted by Crippen LogP contribution is -2.41. The number of rotatable bonds is 6. The maximum atomic E-state index is 12.2. The molecule has 0 unspecified atom stereocenters. The molecule has 0 fully saturated rings. The quantitative estimate of drug-likeness (QED) is 0.879. The van der Waals surface area contributed by atoms with Crippen molar-refractivity contribution in [2.24, 2.45) is 0 Å². The fourth-order valence-electron chi connectivity index (χ4n) is 2.02. The molecule has 2 amide bonds. The van der Waals surface area contributed by atoms with E-state index in [-0.39, 0.29) is 19.6 Å². The number of pyridine rings is 1. The molecule has 0 saturated carbocycles. The summed E-state index contributed by atoms with van der Waals surface area (Å²) in [6.45, 7) is 1.67. The monoisotopic (exact) mass is 341 g/mol. The van der Waals surface area contributed by atoms with Crippen molar-refractivity contribution in [1.29, 1.82) is 0 Å². The molecular formula is C15H18F3N5O. The van der Waals surface area contributed by atoms with Gasteiger partial charge in [-0.15, -0.1) is 0 Å². The van der Waals surface area contributed by atoms with E-state index in [0.717, 1.165) is 10.5 Å². The molecule has 0 atom stereocenters. The van der Waals surface area contributed by atoms with Crippen LogP contribution < -0.4 is 5.32 Å². The number of aromatic nitrogens is 3. The Bertz CT molecular complexity index is 640. The van der Waals surface area contributed by atoms with Gasteiger partial charge in [0, 0.05) is 38.2 Å². The second-order valence-electron chi connectivity index (χ2n) is 5.08. The lowest BCUT2D eigenvalue weighted by atomic mass is 10.3. The molecule has 6 nitrogen and oxygen atoms in total. The van der Waals surface area contributed by atoms with Crippen molar-refractivity contribution >= 4 is 6.03 Å². The van der Waals surface area contributed by atoms with Gasteiger partial charge >= 0.3 is 12.2 Å². The molecule has 2 aromatic rings. The zero-order valence-corrected chi connectivity index (χ0v) is 13.1. The fourth-order valence-corrected chi connectivity index (χ4v) is 2.02. The molecule has 0 aliphatic rings. The van der Waals surface area contributed by atoms with E-state index >= 15 is 0 Å². The smallest absolute Gasteiger partial charge is 0.334 e. The predicted octanol–water partition coefficient (Wildman–Crippen LogP) is 2.75. The molecule has 0 aliphatic heterocycles. The van der Waals surface area contributed by atoms with Crippen LogP contribution in [0, 0.1) is 0 Å². The Morgan fingerprint density at radius 3 is 2.71 bits per heavy atom. The first-order chi connectivity index (χ1) is 11.4. The van der Waals surface area contributed by atoms with Crippen LogP contribution in [0.15, 0.2) is 36.8 Å². The lowest BCUT2D eigenvalue weighted by molar-refractivity contribution is -0.136. The van der Waals surface area contributed by atoms with Gasteiger partial charge in [-0.3, -0.25) is 0 Å². The van der Waals surface area contributed by atoms with E-state index in [1.807, 2.05) is 0 Å². The highest BCUT2D eigenvalue weighted by Crippen LogP contribution is 2.19. The van der Waals surface area contributed by atoms with Gasteiger partial charge in [-0.2, -0.15) is 18.3 Å². The van der Waals surface area contributed by atoms with Gasteiger partial charge in [0.25, 0.3) is 0 Å². The standard InChI is InChI=1S/C15H18F3N5O/c1-2-22(9-6-15(16,17)18)14(24)20-11-12-4-5-13(19-10-12)23-8-3-7-21-23/h3-5,7-8,10H,2,6,9,11H2,1H3,(H,20,24). The Hall–Kier alpha value is -2.58. The summed E-state index contributed by atoms with van der Waals surface area (Å²) in [4.78, 5) is 17.3. The number of alkyl halides is 3. The Morgan fingerprint density at radius 1 is 1.38 bits per heavy atom. The van der Waals surface area contributed by atoms with Gasteiger partial charge in [0.15, 0.2) is 5.82 Å². The fraction of sp³-hybridized carbons (Fsp3) is 0.400. The number of halogens is 3. The van der Waals surface area contributed by atoms with Crippen molar-refractivity contribution < 1.29 is 18.0 Å². The van der Waals surface area contributed by atoms with Gasteiger partial charge < -0.3 is 10.2 Å². The summed E-state index contributed by atoms with van der Waals surface area (Å²) in [6.07, 6.45) is -0.322. The van der Waals surface area contributed by atoms with E-state index < -0.39 is 18.6 Å². The zero-order valence-electron chi connectivity index (χ0n) is 13.1. The molecule has 0 aliphatic carbocycles. The van der Waals surface area contributed by atoms with E-state index in [1.165, 1.54) is 0 Å². The molecule has 0 saturated heterocycles. The zero-order chi connectivity index (χ0) is 17.6. The SMILES string of the molecule is CCN(CCC(F)(F)F)C(=O)NCc1ccc(-n2cccn2)nc1. The molecule has 24 heavy (non-hydrogen) atoms. The van der Waals surface area contributed by atoms with Crippen molar-refractivity contribution in [3.63, 3.8) is 0 Å². The summed E-state index contributed by atoms with van der Waals surface area (Å²) in [5.41, 5.74) is 0.742. The third-order valence-corrected chi connectivity index (χ3v) is 3.33. The van der Waals surface area contributed by atoms with Crippen molar-refractivity contribution in [1.82, 2.24) is 25.0 Å². The second kappa shape index (κ2) is 7.80. The normalized spacial score (nSPS) is 11.3. The van der Waals surface area contributed by atoms with Crippen LogP contribution in [0.2, 0.25) is 0 Å². The molecule has 0 aromatic carbocycles. The topological polar surface area (TPSA) is 63.1 Å². The lowest BCUT2D eigenvalue weighted by Gasteiger charge is -2.22. The molecule has 2 rings (SSSR count). The van der Waals surface area contributed by atoms with E-state index in [0.29, 0.717) is 5.82 Å². The first-order valence-electron chi connectivity index (χ1n) is 7.43. The largest absolute Gasteiger partial charge is 0.390 e. The molecule has 2 aromatic heterocycles. The number of carbonyl (C=O) groups excluding carboxylic acids is 1. The average molecular weight is 341 g/mol. The Morgan fingerprint density at radius 2 is 2.17 bits per heavy atom. The molecule has 0 bridgehead atoms. The summed E-state index contributed by atoms with van der Waals surface area (Å²) >= 11 is 0.